The van der Waals surface area contributed by atoms with Crippen LogP contribution in [0.1, 0.15) is 36.8 Å². The average molecular weight is 344 g/mol. The van der Waals surface area contributed by atoms with Gasteiger partial charge in [-0.25, -0.2) is 0 Å². The Hall–Kier alpha value is -3.50. The maximum Gasteiger partial charge on any atom is 0.224 e. The molecule has 0 bridgehead atoms. The van der Waals surface area contributed by atoms with Crippen LogP contribution in [0.3, 0.4) is 0 Å². The Bertz CT molecular complexity index is 799. The van der Waals surface area contributed by atoms with E-state index < -0.39 is 0 Å². The first kappa shape index (κ1) is 18.8. The maximum atomic E-state index is 11.9. The van der Waals surface area contributed by atoms with Crippen LogP contribution in [0.2, 0.25) is 0 Å². The molecule has 2 aromatic carbocycles. The van der Waals surface area contributed by atoms with Crippen molar-refractivity contribution in [1.29, 1.82) is 0 Å². The number of hydrogen-bond acceptors (Lipinski definition) is 2. The SMILES string of the molecule is C#Cc1cccc(NC(=O)CCCCC(=O)Nc2cccc(C#C)c2)c1. The predicted octanol–water partition coefficient (Wildman–Crippen LogP) is 3.79. The molecule has 2 aromatic rings. The van der Waals surface area contributed by atoms with Gasteiger partial charge >= 0.3 is 0 Å². The van der Waals surface area contributed by atoms with Crippen molar-refractivity contribution in [3.8, 4) is 24.7 Å². The number of carbonyl (C=O) groups is 2. The number of nitrogens with one attached hydrogen (secondary N) is 2. The Kier molecular flexibility index (Phi) is 7.04. The highest BCUT2D eigenvalue weighted by Gasteiger charge is 2.06. The molecule has 130 valence electrons. The van der Waals surface area contributed by atoms with Gasteiger partial charge in [-0.1, -0.05) is 24.0 Å². The fourth-order valence-electron chi connectivity index (χ4n) is 2.39. The zero-order chi connectivity index (χ0) is 18.8. The molecule has 4 nitrogen and oxygen atoms in total. The zero-order valence-corrected chi connectivity index (χ0v) is 14.4. The molecule has 26 heavy (non-hydrogen) atoms. The molecule has 2 rings (SSSR count). The summed E-state index contributed by atoms with van der Waals surface area (Å²) in [6, 6.07) is 14.3. The van der Waals surface area contributed by atoms with Crippen molar-refractivity contribution in [3.63, 3.8) is 0 Å². The van der Waals surface area contributed by atoms with Gasteiger partial charge in [0.2, 0.25) is 11.8 Å². The van der Waals surface area contributed by atoms with Crippen LogP contribution in [0, 0.1) is 24.7 Å². The molecule has 0 aromatic heterocycles. The van der Waals surface area contributed by atoms with Gasteiger partial charge in [-0.2, -0.15) is 0 Å². The topological polar surface area (TPSA) is 58.2 Å². The molecule has 0 aliphatic heterocycles. The molecule has 0 fully saturated rings. The van der Waals surface area contributed by atoms with Crippen molar-refractivity contribution in [2.24, 2.45) is 0 Å². The number of hydrogen-bond donors (Lipinski definition) is 2. The molecule has 0 saturated heterocycles. The minimum atomic E-state index is -0.0960. The van der Waals surface area contributed by atoms with E-state index in [4.69, 9.17) is 12.8 Å². The largest absolute Gasteiger partial charge is 0.326 e. The van der Waals surface area contributed by atoms with Gasteiger partial charge in [-0.3, -0.25) is 9.59 Å². The summed E-state index contributed by atoms with van der Waals surface area (Å²) in [5.41, 5.74) is 2.79. The van der Waals surface area contributed by atoms with Crippen LogP contribution in [0.5, 0.6) is 0 Å². The first-order valence-electron chi connectivity index (χ1n) is 8.34. The third-order valence-electron chi connectivity index (χ3n) is 3.68. The van der Waals surface area contributed by atoms with Gasteiger partial charge in [-0.15, -0.1) is 12.8 Å². The highest BCUT2D eigenvalue weighted by Crippen LogP contribution is 2.12. The summed E-state index contributed by atoms with van der Waals surface area (Å²) < 4.78 is 0. The average Bonchev–Trinajstić information content (AvgIpc) is 2.65. The van der Waals surface area contributed by atoms with Crippen LogP contribution >= 0.6 is 0 Å². The molecule has 0 unspecified atom stereocenters. The number of amides is 2. The molecule has 0 aliphatic rings. The number of benzene rings is 2. The number of unbranched alkanes of at least 4 members (excludes halogenated alkanes) is 1. The van der Waals surface area contributed by atoms with Crippen molar-refractivity contribution < 1.29 is 9.59 Å². The highest BCUT2D eigenvalue weighted by molar-refractivity contribution is 5.92. The van der Waals surface area contributed by atoms with Crippen molar-refractivity contribution in [3.05, 3.63) is 59.7 Å². The van der Waals surface area contributed by atoms with Crippen LogP contribution in [0.25, 0.3) is 0 Å². The molecule has 0 heterocycles. The summed E-state index contributed by atoms with van der Waals surface area (Å²) >= 11 is 0. The Morgan fingerprint density at radius 2 is 1.19 bits per heavy atom. The number of terminal acetylenes is 2. The van der Waals surface area contributed by atoms with E-state index in [2.05, 4.69) is 22.5 Å². The van der Waals surface area contributed by atoms with Gasteiger partial charge < -0.3 is 10.6 Å². The van der Waals surface area contributed by atoms with E-state index >= 15 is 0 Å². The molecule has 0 spiro atoms. The second-order valence-electron chi connectivity index (χ2n) is 5.75. The summed E-state index contributed by atoms with van der Waals surface area (Å²) in [7, 11) is 0. The lowest BCUT2D eigenvalue weighted by atomic mass is 10.1. The first-order valence-corrected chi connectivity index (χ1v) is 8.34. The van der Waals surface area contributed by atoms with Gasteiger partial charge in [0.1, 0.15) is 0 Å². The van der Waals surface area contributed by atoms with E-state index in [-0.39, 0.29) is 11.8 Å². The Morgan fingerprint density at radius 3 is 1.58 bits per heavy atom. The first-order chi connectivity index (χ1) is 12.6. The minimum absolute atomic E-state index is 0.0960. The van der Waals surface area contributed by atoms with Gasteiger partial charge in [-0.05, 0) is 49.2 Å². The van der Waals surface area contributed by atoms with Crippen LogP contribution in [0.4, 0.5) is 11.4 Å². The van der Waals surface area contributed by atoms with Gasteiger partial charge in [0.25, 0.3) is 0 Å². The van der Waals surface area contributed by atoms with Crippen molar-refractivity contribution in [2.45, 2.75) is 25.7 Å². The highest BCUT2D eigenvalue weighted by atomic mass is 16.2. The lowest BCUT2D eigenvalue weighted by molar-refractivity contribution is -0.118. The minimum Gasteiger partial charge on any atom is -0.326 e. The molecule has 0 saturated carbocycles. The van der Waals surface area contributed by atoms with E-state index in [1.807, 2.05) is 0 Å². The molecule has 0 radical (unpaired) electrons. The summed E-state index contributed by atoms with van der Waals surface area (Å²) in [5.74, 6) is 4.86. The summed E-state index contributed by atoms with van der Waals surface area (Å²) in [6.07, 6.45) is 12.6. The summed E-state index contributed by atoms with van der Waals surface area (Å²) in [6.45, 7) is 0. The lowest BCUT2D eigenvalue weighted by Crippen LogP contribution is -2.13. The number of rotatable bonds is 7. The van der Waals surface area contributed by atoms with E-state index in [0.717, 1.165) is 0 Å². The zero-order valence-electron chi connectivity index (χ0n) is 14.4. The molecule has 2 amide bonds. The lowest BCUT2D eigenvalue weighted by Gasteiger charge is -2.07. The fourth-order valence-corrected chi connectivity index (χ4v) is 2.39. The second-order valence-corrected chi connectivity index (χ2v) is 5.75. The molecular formula is C22H20N2O2. The molecule has 0 aliphatic carbocycles. The molecule has 2 N–H and O–H groups in total. The van der Waals surface area contributed by atoms with Gasteiger partial charge in [0.15, 0.2) is 0 Å². The second kappa shape index (κ2) is 9.71. The van der Waals surface area contributed by atoms with Crippen molar-refractivity contribution in [1.82, 2.24) is 0 Å². The number of carbonyl (C=O) groups excluding carboxylic acids is 2. The van der Waals surface area contributed by atoms with Crippen LogP contribution in [-0.2, 0) is 9.59 Å². The van der Waals surface area contributed by atoms with Crippen molar-refractivity contribution in [2.75, 3.05) is 10.6 Å². The van der Waals surface area contributed by atoms with E-state index in [0.29, 0.717) is 48.2 Å². The van der Waals surface area contributed by atoms with E-state index in [1.165, 1.54) is 0 Å². The quantitative estimate of drug-likeness (QED) is 0.593. The molecule has 0 atom stereocenters. The maximum absolute atomic E-state index is 11.9. The Morgan fingerprint density at radius 1 is 0.769 bits per heavy atom. The third kappa shape index (κ3) is 6.19. The van der Waals surface area contributed by atoms with E-state index in [1.54, 1.807) is 48.5 Å². The smallest absolute Gasteiger partial charge is 0.224 e. The summed E-state index contributed by atoms with van der Waals surface area (Å²) in [5, 5.41) is 5.61. The molecule has 4 heteroatoms. The van der Waals surface area contributed by atoms with Gasteiger partial charge in [0.05, 0.1) is 0 Å². The molecular weight excluding hydrogens is 324 g/mol. The van der Waals surface area contributed by atoms with Crippen LogP contribution in [-0.4, -0.2) is 11.8 Å². The van der Waals surface area contributed by atoms with Crippen LogP contribution in [0.15, 0.2) is 48.5 Å². The fraction of sp³-hybridized carbons (Fsp3) is 0.182. The standard InChI is InChI=1S/C22H20N2O2/c1-3-17-9-7-11-19(15-17)23-21(25)13-5-6-14-22(26)24-20-12-8-10-18(4-2)16-20/h1-2,7-12,15-16H,5-6,13-14H2,(H,23,25)(H,24,26). The Labute approximate surface area is 154 Å². The number of anilines is 2. The predicted molar refractivity (Wildman–Crippen MR) is 104 cm³/mol. The van der Waals surface area contributed by atoms with Gasteiger partial charge in [0, 0.05) is 35.3 Å². The summed E-state index contributed by atoms with van der Waals surface area (Å²) in [4.78, 5) is 23.9. The van der Waals surface area contributed by atoms with Crippen molar-refractivity contribution >= 4 is 23.2 Å². The normalized spacial score (nSPS) is 9.62. The van der Waals surface area contributed by atoms with E-state index in [9.17, 15) is 9.59 Å². The monoisotopic (exact) mass is 344 g/mol. The third-order valence-corrected chi connectivity index (χ3v) is 3.68. The Balaban J connectivity index is 1.69. The van der Waals surface area contributed by atoms with Crippen LogP contribution < -0.4 is 10.6 Å².